The minimum absolute atomic E-state index is 0. The average Bonchev–Trinajstić information content (AvgIpc) is 3.06. The van der Waals surface area contributed by atoms with Crippen molar-refractivity contribution in [3.63, 3.8) is 0 Å². The number of hydrogen-bond acceptors (Lipinski definition) is 5. The van der Waals surface area contributed by atoms with E-state index < -0.39 is 24.6 Å². The summed E-state index contributed by atoms with van der Waals surface area (Å²) in [5.41, 5.74) is 3.74. The number of fused-ring (bicyclic) bond motifs is 1. The Hall–Kier alpha value is -1.51. The second-order valence-electron chi connectivity index (χ2n) is 7.91. The molecule has 162 valence electrons. The Kier molecular flexibility index (Phi) is 9.90. The molecule has 1 aromatic carbocycles. The molecular weight excluding hydrogens is 410 g/mol. The van der Waals surface area contributed by atoms with Gasteiger partial charge in [-0.3, -0.25) is 0 Å². The number of aromatic nitrogens is 2. The van der Waals surface area contributed by atoms with Crippen LogP contribution in [0.4, 0.5) is 4.39 Å². The first kappa shape index (κ1) is 25.7. The predicted molar refractivity (Wildman–Crippen MR) is 109 cm³/mol. The van der Waals surface area contributed by atoms with Crippen molar-refractivity contribution < 1.29 is 54.1 Å². The maximum atomic E-state index is 13.4. The Morgan fingerprint density at radius 3 is 2.71 bits per heavy atom. The molecular formula is C23H28FN2NaO4. The Morgan fingerprint density at radius 1 is 1.35 bits per heavy atom. The number of rotatable bonds is 9. The van der Waals surface area contributed by atoms with Crippen LogP contribution in [0.5, 0.6) is 0 Å². The Bertz CT molecular complexity index is 898. The minimum atomic E-state index is -1.36. The number of aliphatic carboxylic acids is 1. The van der Waals surface area contributed by atoms with Gasteiger partial charge >= 0.3 is 29.6 Å². The van der Waals surface area contributed by atoms with Crippen molar-refractivity contribution in [1.82, 2.24) is 9.78 Å². The quantitative estimate of drug-likeness (QED) is 0.515. The maximum absolute atomic E-state index is 13.4. The van der Waals surface area contributed by atoms with Crippen molar-refractivity contribution in [2.75, 3.05) is 0 Å². The number of hydrogen-bond donors (Lipinski definition) is 2. The van der Waals surface area contributed by atoms with Crippen molar-refractivity contribution >= 4 is 12.0 Å². The van der Waals surface area contributed by atoms with Gasteiger partial charge in [0.05, 0.1) is 29.3 Å². The van der Waals surface area contributed by atoms with Crippen LogP contribution in [-0.2, 0) is 11.2 Å². The van der Waals surface area contributed by atoms with Crippen LogP contribution in [0.25, 0.3) is 11.8 Å². The Balaban J connectivity index is 0.00000341. The summed E-state index contributed by atoms with van der Waals surface area (Å²) < 4.78 is 15.2. The van der Waals surface area contributed by atoms with Gasteiger partial charge in [-0.1, -0.05) is 19.4 Å². The molecule has 31 heavy (non-hydrogen) atoms. The number of nitrogens with zero attached hydrogens (tertiary/aromatic N) is 2. The predicted octanol–water partition coefficient (Wildman–Crippen LogP) is -0.499. The van der Waals surface area contributed by atoms with Crippen LogP contribution in [0.2, 0.25) is 0 Å². The van der Waals surface area contributed by atoms with E-state index in [4.69, 9.17) is 5.10 Å². The zero-order valence-electron chi connectivity index (χ0n) is 18.1. The van der Waals surface area contributed by atoms with E-state index in [1.807, 2.05) is 0 Å². The summed E-state index contributed by atoms with van der Waals surface area (Å²) in [5, 5.41) is 35.4. The van der Waals surface area contributed by atoms with E-state index in [2.05, 4.69) is 6.92 Å². The molecule has 3 rings (SSSR count). The molecule has 2 N–H and O–H groups in total. The fourth-order valence-corrected chi connectivity index (χ4v) is 4.14. The minimum Gasteiger partial charge on any atom is -0.550 e. The summed E-state index contributed by atoms with van der Waals surface area (Å²) in [6, 6.07) is 6.11. The number of aliphatic hydroxyl groups excluding tert-OH is 2. The first-order valence-corrected chi connectivity index (χ1v) is 10.5. The monoisotopic (exact) mass is 438 g/mol. The van der Waals surface area contributed by atoms with Crippen molar-refractivity contribution in [2.24, 2.45) is 0 Å². The van der Waals surface area contributed by atoms with E-state index in [-0.39, 0.29) is 41.8 Å². The molecule has 0 radical (unpaired) electrons. The summed E-state index contributed by atoms with van der Waals surface area (Å²) >= 11 is 0. The Morgan fingerprint density at radius 2 is 2.06 bits per heavy atom. The number of carboxylic acid groups (broad SMARTS) is 1. The fraction of sp³-hybridized carbons (Fsp3) is 0.478. The normalized spacial score (nSPS) is 17.7. The van der Waals surface area contributed by atoms with Crippen molar-refractivity contribution in [3.8, 4) is 5.69 Å². The second-order valence-corrected chi connectivity index (χ2v) is 7.91. The fourth-order valence-electron chi connectivity index (χ4n) is 4.14. The van der Waals surface area contributed by atoms with Gasteiger partial charge in [0.1, 0.15) is 5.82 Å². The van der Waals surface area contributed by atoms with Crippen molar-refractivity contribution in [1.29, 1.82) is 0 Å². The number of benzene rings is 1. The molecule has 0 bridgehead atoms. The first-order chi connectivity index (χ1) is 14.4. The number of carbonyl (C=O) groups is 1. The van der Waals surface area contributed by atoms with Gasteiger partial charge in [0, 0.05) is 30.3 Å². The van der Waals surface area contributed by atoms with Crippen LogP contribution >= 0.6 is 0 Å². The topological polar surface area (TPSA) is 98.4 Å². The van der Waals surface area contributed by atoms with E-state index in [0.29, 0.717) is 5.92 Å². The molecule has 0 aliphatic heterocycles. The van der Waals surface area contributed by atoms with Gasteiger partial charge in [-0.25, -0.2) is 9.07 Å². The number of carboxylic acids is 1. The smallest absolute Gasteiger partial charge is 0.550 e. The maximum Gasteiger partial charge on any atom is 1.00 e. The van der Waals surface area contributed by atoms with Crippen LogP contribution in [0, 0.1) is 5.82 Å². The van der Waals surface area contributed by atoms with E-state index in [0.717, 1.165) is 54.7 Å². The Labute approximate surface area is 204 Å². The zero-order chi connectivity index (χ0) is 21.7. The first-order valence-electron chi connectivity index (χ1n) is 10.5. The molecule has 1 unspecified atom stereocenters. The number of aliphatic hydroxyl groups is 2. The molecule has 0 spiro atoms. The second kappa shape index (κ2) is 11.9. The van der Waals surface area contributed by atoms with Crippen LogP contribution in [0.15, 0.2) is 30.3 Å². The molecule has 0 saturated heterocycles. The van der Waals surface area contributed by atoms with Crippen molar-refractivity contribution in [2.45, 2.75) is 70.0 Å². The summed E-state index contributed by atoms with van der Waals surface area (Å²) in [4.78, 5) is 10.6. The van der Waals surface area contributed by atoms with Crippen LogP contribution in [0.1, 0.15) is 68.3 Å². The van der Waals surface area contributed by atoms with Crippen LogP contribution in [0.3, 0.4) is 0 Å². The van der Waals surface area contributed by atoms with E-state index >= 15 is 0 Å². The van der Waals surface area contributed by atoms with E-state index in [1.54, 1.807) is 29.0 Å². The molecule has 0 fully saturated rings. The molecule has 8 heteroatoms. The van der Waals surface area contributed by atoms with Gasteiger partial charge < -0.3 is 20.1 Å². The zero-order valence-corrected chi connectivity index (χ0v) is 20.1. The summed E-state index contributed by atoms with van der Waals surface area (Å²) in [5.74, 6) is -1.31. The SMILES string of the molecule is CCCC1CCCc2c1nn(-c1ccc(F)cc1)c2/C=C/[C@@H](O)C[C@@H](O)CC(=O)[O-].[Na+]. The van der Waals surface area contributed by atoms with Crippen LogP contribution in [-0.4, -0.2) is 38.2 Å². The van der Waals surface area contributed by atoms with Gasteiger partial charge in [-0.15, -0.1) is 0 Å². The molecule has 6 nitrogen and oxygen atoms in total. The average molecular weight is 438 g/mol. The third-order valence-electron chi connectivity index (χ3n) is 5.52. The van der Waals surface area contributed by atoms with Gasteiger partial charge in [0.25, 0.3) is 0 Å². The van der Waals surface area contributed by atoms with Crippen LogP contribution < -0.4 is 34.7 Å². The number of carbonyl (C=O) groups excluding carboxylic acids is 1. The van der Waals surface area contributed by atoms with E-state index in [1.165, 1.54) is 12.1 Å². The summed E-state index contributed by atoms with van der Waals surface area (Å²) in [6.07, 6.45) is 5.62. The van der Waals surface area contributed by atoms with Crippen molar-refractivity contribution in [3.05, 3.63) is 53.1 Å². The molecule has 1 aromatic heterocycles. The van der Waals surface area contributed by atoms with E-state index in [9.17, 15) is 24.5 Å². The molecule has 2 aromatic rings. The summed E-state index contributed by atoms with van der Waals surface area (Å²) in [6.45, 7) is 2.15. The molecule has 1 aliphatic carbocycles. The number of halogens is 1. The molecule has 1 aliphatic rings. The largest absolute Gasteiger partial charge is 1.00 e. The molecule has 3 atom stereocenters. The van der Waals surface area contributed by atoms with Gasteiger partial charge in [-0.2, -0.15) is 5.10 Å². The van der Waals surface area contributed by atoms with Gasteiger partial charge in [0.15, 0.2) is 0 Å². The van der Waals surface area contributed by atoms with Gasteiger partial charge in [0.2, 0.25) is 0 Å². The van der Waals surface area contributed by atoms with Gasteiger partial charge in [-0.05, 0) is 56.0 Å². The molecule has 0 saturated carbocycles. The molecule has 0 amide bonds. The third-order valence-corrected chi connectivity index (χ3v) is 5.52. The standard InChI is InChI=1S/C23H29FN2O4.Na/c1-2-4-15-5-3-6-20-21(12-11-18(27)13-19(28)14-22(29)30)26(25-23(15)20)17-9-7-16(24)8-10-17;/h7-12,15,18-19,27-28H,2-6,13-14H2,1H3,(H,29,30);/q;+1/p-1/b12-11+;/t15?,18-,19-;/m1./s1. The molecule has 1 heterocycles. The third kappa shape index (κ3) is 6.73. The summed E-state index contributed by atoms with van der Waals surface area (Å²) in [7, 11) is 0.